The summed E-state index contributed by atoms with van der Waals surface area (Å²) in [6.45, 7) is 2.42. The van der Waals surface area contributed by atoms with E-state index in [2.05, 4.69) is 15.3 Å². The first-order valence-corrected chi connectivity index (χ1v) is 13.2. The summed E-state index contributed by atoms with van der Waals surface area (Å²) in [6.07, 6.45) is 8.23. The van der Waals surface area contributed by atoms with Gasteiger partial charge in [-0.2, -0.15) is 5.26 Å². The highest BCUT2D eigenvalue weighted by Gasteiger charge is 2.22. The van der Waals surface area contributed by atoms with E-state index in [9.17, 15) is 4.39 Å². The van der Waals surface area contributed by atoms with Crippen LogP contribution in [0.5, 0.6) is 0 Å². The minimum atomic E-state index is -0.611. The molecule has 2 fully saturated rings. The van der Waals surface area contributed by atoms with E-state index in [0.717, 1.165) is 38.2 Å². The Labute approximate surface area is 216 Å². The molecule has 1 aromatic heterocycles. The fourth-order valence-electron chi connectivity index (χ4n) is 5.48. The molecule has 3 aromatic rings. The first kappa shape index (κ1) is 25.2. The SMILES string of the molecule is COC1CCN(c2ccc(-n3nc(NCC4CCCCC4)cc3-c3ccc(C#N)c(F)c3)c(F)c2)CC1. The Morgan fingerprint density at radius 2 is 1.78 bits per heavy atom. The number of nitriles is 1. The zero-order chi connectivity index (χ0) is 25.8. The normalized spacial score (nSPS) is 17.1. The van der Waals surface area contributed by atoms with Gasteiger partial charge in [0.15, 0.2) is 5.82 Å². The molecule has 8 heteroatoms. The number of hydrogen-bond acceptors (Lipinski definition) is 5. The van der Waals surface area contributed by atoms with Crippen LogP contribution in [0.1, 0.15) is 50.5 Å². The lowest BCUT2D eigenvalue weighted by atomic mass is 9.89. The predicted molar refractivity (Wildman–Crippen MR) is 141 cm³/mol. The highest BCUT2D eigenvalue weighted by molar-refractivity contribution is 5.67. The van der Waals surface area contributed by atoms with Crippen molar-refractivity contribution in [2.75, 3.05) is 37.0 Å². The molecule has 1 N–H and O–H groups in total. The summed E-state index contributed by atoms with van der Waals surface area (Å²) in [5.74, 6) is 0.201. The number of ether oxygens (including phenoxy) is 1. The van der Waals surface area contributed by atoms with Crippen LogP contribution in [-0.2, 0) is 4.74 Å². The average Bonchev–Trinajstić information content (AvgIpc) is 3.36. The highest BCUT2D eigenvalue weighted by Crippen LogP contribution is 2.31. The van der Waals surface area contributed by atoms with Crippen LogP contribution in [-0.4, -0.2) is 42.6 Å². The van der Waals surface area contributed by atoms with Gasteiger partial charge in [0.1, 0.15) is 23.4 Å². The first-order valence-electron chi connectivity index (χ1n) is 13.2. The maximum Gasteiger partial charge on any atom is 0.150 e. The zero-order valence-electron chi connectivity index (χ0n) is 21.2. The summed E-state index contributed by atoms with van der Waals surface area (Å²) in [7, 11) is 1.73. The maximum atomic E-state index is 15.6. The smallest absolute Gasteiger partial charge is 0.150 e. The molecular formula is C29H33F2N5O. The lowest BCUT2D eigenvalue weighted by molar-refractivity contribution is 0.0819. The zero-order valence-corrected chi connectivity index (χ0v) is 21.2. The van der Waals surface area contributed by atoms with E-state index >= 15 is 4.39 Å². The second-order valence-corrected chi connectivity index (χ2v) is 10.1. The Kier molecular flexibility index (Phi) is 7.71. The van der Waals surface area contributed by atoms with Gasteiger partial charge in [0.25, 0.3) is 0 Å². The average molecular weight is 506 g/mol. The minimum Gasteiger partial charge on any atom is -0.381 e. The third kappa shape index (κ3) is 5.62. The molecule has 0 atom stereocenters. The maximum absolute atomic E-state index is 15.6. The first-order chi connectivity index (χ1) is 18.1. The van der Waals surface area contributed by atoms with Gasteiger partial charge in [0.2, 0.25) is 0 Å². The van der Waals surface area contributed by atoms with Gasteiger partial charge in [-0.1, -0.05) is 25.3 Å². The van der Waals surface area contributed by atoms with E-state index in [0.29, 0.717) is 28.7 Å². The summed E-state index contributed by atoms with van der Waals surface area (Å²) < 4.78 is 37.0. The van der Waals surface area contributed by atoms with E-state index in [4.69, 9.17) is 10.00 Å². The van der Waals surface area contributed by atoms with Crippen LogP contribution in [0.3, 0.4) is 0 Å². The molecule has 5 rings (SSSR count). The van der Waals surface area contributed by atoms with Crippen LogP contribution in [0.15, 0.2) is 42.5 Å². The Bertz CT molecular complexity index is 1270. The van der Waals surface area contributed by atoms with Crippen LogP contribution >= 0.6 is 0 Å². The van der Waals surface area contributed by atoms with Crippen molar-refractivity contribution in [3.05, 3.63) is 59.7 Å². The van der Waals surface area contributed by atoms with Crippen LogP contribution < -0.4 is 10.2 Å². The van der Waals surface area contributed by atoms with E-state index in [-0.39, 0.29) is 11.7 Å². The number of aromatic nitrogens is 2. The van der Waals surface area contributed by atoms with Gasteiger partial charge in [0.05, 0.1) is 17.4 Å². The second kappa shape index (κ2) is 11.3. The van der Waals surface area contributed by atoms with Crippen LogP contribution in [0.2, 0.25) is 0 Å². The molecule has 1 aliphatic heterocycles. The number of piperidine rings is 1. The molecule has 2 heterocycles. The number of rotatable bonds is 7. The van der Waals surface area contributed by atoms with Gasteiger partial charge >= 0.3 is 0 Å². The van der Waals surface area contributed by atoms with Crippen molar-refractivity contribution >= 4 is 11.5 Å². The van der Waals surface area contributed by atoms with Gasteiger partial charge in [-0.3, -0.25) is 0 Å². The molecule has 1 aliphatic carbocycles. The molecule has 0 amide bonds. The third-order valence-electron chi connectivity index (χ3n) is 7.69. The fourth-order valence-corrected chi connectivity index (χ4v) is 5.48. The summed E-state index contributed by atoms with van der Waals surface area (Å²) in [5.41, 5.74) is 2.17. The molecule has 2 aromatic carbocycles. The fraction of sp³-hybridized carbons (Fsp3) is 0.448. The van der Waals surface area contributed by atoms with Crippen molar-refractivity contribution in [3.63, 3.8) is 0 Å². The number of nitrogens with one attached hydrogen (secondary N) is 1. The second-order valence-electron chi connectivity index (χ2n) is 10.1. The number of methoxy groups -OCH3 is 1. The number of nitrogens with zero attached hydrogens (tertiary/aromatic N) is 4. The van der Waals surface area contributed by atoms with Gasteiger partial charge in [0, 0.05) is 44.1 Å². The van der Waals surface area contributed by atoms with E-state index in [1.807, 2.05) is 18.2 Å². The lowest BCUT2D eigenvalue weighted by Gasteiger charge is -2.33. The Morgan fingerprint density at radius 1 is 1.00 bits per heavy atom. The van der Waals surface area contributed by atoms with Crippen molar-refractivity contribution in [1.82, 2.24) is 9.78 Å². The van der Waals surface area contributed by atoms with Gasteiger partial charge in [-0.15, -0.1) is 5.10 Å². The van der Waals surface area contributed by atoms with Crippen LogP contribution in [0.25, 0.3) is 16.9 Å². The van der Waals surface area contributed by atoms with Crippen molar-refractivity contribution in [1.29, 1.82) is 5.26 Å². The molecule has 194 valence electrons. The minimum absolute atomic E-state index is 0.0294. The third-order valence-corrected chi connectivity index (χ3v) is 7.69. The molecule has 6 nitrogen and oxygen atoms in total. The molecule has 0 radical (unpaired) electrons. The van der Waals surface area contributed by atoms with Crippen molar-refractivity contribution < 1.29 is 13.5 Å². The van der Waals surface area contributed by atoms with Crippen molar-refractivity contribution in [2.24, 2.45) is 5.92 Å². The summed E-state index contributed by atoms with van der Waals surface area (Å²) in [5, 5.41) is 17.2. The van der Waals surface area contributed by atoms with E-state index in [1.54, 1.807) is 25.3 Å². The quantitative estimate of drug-likeness (QED) is 0.408. The summed E-state index contributed by atoms with van der Waals surface area (Å²) in [4.78, 5) is 2.17. The molecule has 2 aliphatic rings. The van der Waals surface area contributed by atoms with Gasteiger partial charge in [-0.25, -0.2) is 13.5 Å². The van der Waals surface area contributed by atoms with E-state index < -0.39 is 11.6 Å². The van der Waals surface area contributed by atoms with Gasteiger partial charge in [-0.05, 0) is 61.9 Å². The Balaban J connectivity index is 1.45. The molecular weight excluding hydrogens is 472 g/mol. The molecule has 0 spiro atoms. The Hall–Kier alpha value is -3.44. The molecule has 0 bridgehead atoms. The van der Waals surface area contributed by atoms with Gasteiger partial charge < -0.3 is 15.0 Å². The largest absolute Gasteiger partial charge is 0.381 e. The number of anilines is 2. The monoisotopic (exact) mass is 505 g/mol. The van der Waals surface area contributed by atoms with Crippen molar-refractivity contribution in [3.8, 4) is 23.0 Å². The summed E-state index contributed by atoms with van der Waals surface area (Å²) in [6, 6.07) is 13.3. The lowest BCUT2D eigenvalue weighted by Crippen LogP contribution is -2.36. The van der Waals surface area contributed by atoms with Crippen LogP contribution in [0.4, 0.5) is 20.3 Å². The summed E-state index contributed by atoms with van der Waals surface area (Å²) >= 11 is 0. The van der Waals surface area contributed by atoms with Crippen LogP contribution in [0, 0.1) is 28.9 Å². The van der Waals surface area contributed by atoms with Crippen molar-refractivity contribution in [2.45, 2.75) is 51.0 Å². The molecule has 1 saturated carbocycles. The van der Waals surface area contributed by atoms with E-state index in [1.165, 1.54) is 48.9 Å². The highest BCUT2D eigenvalue weighted by atomic mass is 19.1. The standard InChI is InChI=1S/C29H33F2N5O/c1-37-24-11-13-35(14-12-24)23-9-10-27(26(31)16-23)36-28(21-7-8-22(18-32)25(30)15-21)17-29(34-36)33-19-20-5-3-2-4-6-20/h7-10,15-17,20,24H,2-6,11-14,19H2,1H3,(H,33,34). The topological polar surface area (TPSA) is 66.1 Å². The molecule has 1 saturated heterocycles. The number of halogens is 2. The number of benzene rings is 2. The molecule has 37 heavy (non-hydrogen) atoms. The molecule has 0 unspecified atom stereocenters. The number of hydrogen-bond donors (Lipinski definition) is 1. The Morgan fingerprint density at radius 3 is 2.46 bits per heavy atom. The predicted octanol–water partition coefficient (Wildman–Crippen LogP) is 6.30.